The van der Waals surface area contributed by atoms with Crippen LogP contribution in [0.2, 0.25) is 10.0 Å². The standard InChI is InChI=1S/C14H12Cl2N4S/c1-7-5-10(16)11(6-9(7)15)18-12-8-3-4-21-13(8)20-14(17-2)19-12/h3-6H,1-2H3,(H2,17,18,19,20). The molecule has 7 heteroatoms. The van der Waals surface area contributed by atoms with Crippen molar-refractivity contribution >= 4 is 62.2 Å². The molecule has 0 aliphatic heterocycles. The Balaban J connectivity index is 2.09. The molecule has 3 aromatic rings. The molecule has 0 radical (unpaired) electrons. The van der Waals surface area contributed by atoms with Gasteiger partial charge in [0, 0.05) is 12.1 Å². The van der Waals surface area contributed by atoms with E-state index in [0.717, 1.165) is 21.5 Å². The lowest BCUT2D eigenvalue weighted by Gasteiger charge is -2.11. The van der Waals surface area contributed by atoms with Crippen LogP contribution in [-0.2, 0) is 0 Å². The first-order valence-corrected chi connectivity index (χ1v) is 7.87. The van der Waals surface area contributed by atoms with Crippen molar-refractivity contribution in [2.75, 3.05) is 17.7 Å². The van der Waals surface area contributed by atoms with E-state index in [2.05, 4.69) is 20.6 Å². The summed E-state index contributed by atoms with van der Waals surface area (Å²) in [5.74, 6) is 1.26. The number of anilines is 3. The summed E-state index contributed by atoms with van der Waals surface area (Å²) >= 11 is 14.0. The van der Waals surface area contributed by atoms with Gasteiger partial charge in [-0.05, 0) is 36.1 Å². The first kappa shape index (κ1) is 14.4. The lowest BCUT2D eigenvalue weighted by molar-refractivity contribution is 1.20. The van der Waals surface area contributed by atoms with Gasteiger partial charge in [-0.3, -0.25) is 0 Å². The predicted octanol–water partition coefficient (Wildman–Crippen LogP) is 5.09. The molecule has 0 bridgehead atoms. The number of nitrogens with one attached hydrogen (secondary N) is 2. The Kier molecular flexibility index (Phi) is 3.89. The minimum Gasteiger partial charge on any atom is -0.357 e. The number of hydrogen-bond acceptors (Lipinski definition) is 5. The van der Waals surface area contributed by atoms with Crippen molar-refractivity contribution in [1.82, 2.24) is 9.97 Å². The molecule has 0 unspecified atom stereocenters. The number of aromatic nitrogens is 2. The van der Waals surface area contributed by atoms with Gasteiger partial charge in [0.2, 0.25) is 5.95 Å². The highest BCUT2D eigenvalue weighted by Crippen LogP contribution is 2.34. The molecule has 0 spiro atoms. The van der Waals surface area contributed by atoms with Gasteiger partial charge in [-0.2, -0.15) is 4.98 Å². The smallest absolute Gasteiger partial charge is 0.225 e. The van der Waals surface area contributed by atoms with Crippen LogP contribution in [0.1, 0.15) is 5.56 Å². The van der Waals surface area contributed by atoms with Crippen molar-refractivity contribution in [3.63, 3.8) is 0 Å². The summed E-state index contributed by atoms with van der Waals surface area (Å²) in [6, 6.07) is 5.61. The van der Waals surface area contributed by atoms with Crippen LogP contribution < -0.4 is 10.6 Å². The number of benzene rings is 1. The monoisotopic (exact) mass is 338 g/mol. The fourth-order valence-corrected chi connectivity index (χ4v) is 3.13. The third kappa shape index (κ3) is 2.77. The van der Waals surface area contributed by atoms with Gasteiger partial charge in [0.1, 0.15) is 10.6 Å². The van der Waals surface area contributed by atoms with Crippen molar-refractivity contribution in [1.29, 1.82) is 0 Å². The minimum atomic E-state index is 0.557. The third-order valence-electron chi connectivity index (χ3n) is 3.05. The quantitative estimate of drug-likeness (QED) is 0.698. The minimum absolute atomic E-state index is 0.557. The summed E-state index contributed by atoms with van der Waals surface area (Å²) in [6.07, 6.45) is 0. The van der Waals surface area contributed by atoms with Crippen LogP contribution in [0, 0.1) is 6.92 Å². The second-order valence-corrected chi connectivity index (χ2v) is 6.20. The van der Waals surface area contributed by atoms with Gasteiger partial charge in [-0.15, -0.1) is 11.3 Å². The molecule has 108 valence electrons. The van der Waals surface area contributed by atoms with Crippen LogP contribution in [0.15, 0.2) is 23.6 Å². The zero-order chi connectivity index (χ0) is 15.0. The van der Waals surface area contributed by atoms with Crippen molar-refractivity contribution in [2.24, 2.45) is 0 Å². The zero-order valence-electron chi connectivity index (χ0n) is 11.4. The van der Waals surface area contributed by atoms with Crippen molar-refractivity contribution < 1.29 is 0 Å². The molecule has 2 aromatic heterocycles. The largest absolute Gasteiger partial charge is 0.357 e. The molecule has 21 heavy (non-hydrogen) atoms. The van der Waals surface area contributed by atoms with Gasteiger partial charge < -0.3 is 10.6 Å². The molecule has 0 amide bonds. The fourth-order valence-electron chi connectivity index (χ4n) is 1.93. The number of rotatable bonds is 3. The van der Waals surface area contributed by atoms with E-state index in [1.54, 1.807) is 24.5 Å². The summed E-state index contributed by atoms with van der Waals surface area (Å²) in [4.78, 5) is 9.77. The Hall–Kier alpha value is -1.56. The van der Waals surface area contributed by atoms with Crippen LogP contribution in [-0.4, -0.2) is 17.0 Å². The first-order valence-electron chi connectivity index (χ1n) is 6.24. The summed E-state index contributed by atoms with van der Waals surface area (Å²) in [6.45, 7) is 1.92. The normalized spacial score (nSPS) is 10.9. The zero-order valence-corrected chi connectivity index (χ0v) is 13.7. The van der Waals surface area contributed by atoms with Gasteiger partial charge in [0.05, 0.1) is 16.1 Å². The van der Waals surface area contributed by atoms with Crippen molar-refractivity contribution in [3.8, 4) is 0 Å². The second kappa shape index (κ2) is 5.67. The van der Waals surface area contributed by atoms with E-state index in [9.17, 15) is 0 Å². The lowest BCUT2D eigenvalue weighted by atomic mass is 10.2. The average molecular weight is 339 g/mol. The molecule has 0 aliphatic rings. The van der Waals surface area contributed by atoms with E-state index in [0.29, 0.717) is 21.8 Å². The molecule has 4 nitrogen and oxygen atoms in total. The summed E-state index contributed by atoms with van der Waals surface area (Å²) < 4.78 is 0. The third-order valence-corrected chi connectivity index (χ3v) is 4.58. The Labute approximate surface area is 136 Å². The van der Waals surface area contributed by atoms with E-state index < -0.39 is 0 Å². The van der Waals surface area contributed by atoms with Gasteiger partial charge in [0.15, 0.2) is 0 Å². The Morgan fingerprint density at radius 2 is 1.95 bits per heavy atom. The number of hydrogen-bond donors (Lipinski definition) is 2. The van der Waals surface area contributed by atoms with Gasteiger partial charge in [0.25, 0.3) is 0 Å². The number of thiophene rings is 1. The van der Waals surface area contributed by atoms with Crippen LogP contribution in [0.25, 0.3) is 10.2 Å². The fraction of sp³-hybridized carbons (Fsp3) is 0.143. The number of halogens is 2. The number of fused-ring (bicyclic) bond motifs is 1. The highest BCUT2D eigenvalue weighted by atomic mass is 35.5. The van der Waals surface area contributed by atoms with E-state index >= 15 is 0 Å². The Morgan fingerprint density at radius 1 is 1.14 bits per heavy atom. The van der Waals surface area contributed by atoms with Crippen LogP contribution in [0.4, 0.5) is 17.5 Å². The molecule has 0 saturated carbocycles. The van der Waals surface area contributed by atoms with Crippen molar-refractivity contribution in [3.05, 3.63) is 39.2 Å². The Bertz CT molecular complexity index is 816. The molecule has 2 heterocycles. The Morgan fingerprint density at radius 3 is 2.71 bits per heavy atom. The van der Waals surface area contributed by atoms with Gasteiger partial charge in [-0.1, -0.05) is 23.2 Å². The molecule has 0 fully saturated rings. The van der Waals surface area contributed by atoms with Gasteiger partial charge in [-0.25, -0.2) is 4.98 Å². The number of nitrogens with zero attached hydrogens (tertiary/aromatic N) is 2. The predicted molar refractivity (Wildman–Crippen MR) is 91.4 cm³/mol. The first-order chi connectivity index (χ1) is 10.1. The molecule has 0 atom stereocenters. The summed E-state index contributed by atoms with van der Waals surface area (Å²) in [5.41, 5.74) is 1.66. The van der Waals surface area contributed by atoms with Crippen LogP contribution in [0.3, 0.4) is 0 Å². The van der Waals surface area contributed by atoms with E-state index in [1.165, 1.54) is 0 Å². The van der Waals surface area contributed by atoms with Crippen molar-refractivity contribution in [2.45, 2.75) is 6.92 Å². The summed E-state index contributed by atoms with van der Waals surface area (Å²) in [5, 5.41) is 10.4. The van der Waals surface area contributed by atoms with Crippen LogP contribution >= 0.6 is 34.5 Å². The maximum absolute atomic E-state index is 6.27. The second-order valence-electron chi connectivity index (χ2n) is 4.49. The topological polar surface area (TPSA) is 49.8 Å². The summed E-state index contributed by atoms with van der Waals surface area (Å²) in [7, 11) is 1.79. The van der Waals surface area contributed by atoms with E-state index in [-0.39, 0.29) is 0 Å². The average Bonchev–Trinajstić information content (AvgIpc) is 2.93. The van der Waals surface area contributed by atoms with E-state index in [4.69, 9.17) is 23.2 Å². The molecular weight excluding hydrogens is 327 g/mol. The van der Waals surface area contributed by atoms with E-state index in [1.807, 2.05) is 24.4 Å². The highest BCUT2D eigenvalue weighted by Gasteiger charge is 2.11. The molecule has 3 rings (SSSR count). The molecular formula is C14H12Cl2N4S. The molecule has 0 saturated heterocycles. The SMILES string of the molecule is CNc1nc(Nc2cc(Cl)c(C)cc2Cl)c2ccsc2n1. The number of aryl methyl sites for hydroxylation is 1. The maximum atomic E-state index is 6.27. The molecule has 0 aliphatic carbocycles. The van der Waals surface area contributed by atoms with Gasteiger partial charge >= 0.3 is 0 Å². The maximum Gasteiger partial charge on any atom is 0.225 e. The van der Waals surface area contributed by atoms with Crippen LogP contribution in [0.5, 0.6) is 0 Å². The molecule has 1 aromatic carbocycles. The highest BCUT2D eigenvalue weighted by molar-refractivity contribution is 7.16. The molecule has 2 N–H and O–H groups in total. The lowest BCUT2D eigenvalue weighted by Crippen LogP contribution is -2.01.